The Labute approximate surface area is 193 Å². The Kier molecular flexibility index (Phi) is 6.23. The number of rotatable bonds is 7. The number of nitrogens with zero attached hydrogens (tertiary/aromatic N) is 2. The van der Waals surface area contributed by atoms with E-state index in [1.165, 1.54) is 20.3 Å². The second-order valence-corrected chi connectivity index (χ2v) is 7.51. The number of fused-ring (bicyclic) bond motifs is 1. The molecule has 2 aromatic carbocycles. The van der Waals surface area contributed by atoms with E-state index in [-0.39, 0.29) is 12.2 Å². The Bertz CT molecular complexity index is 1370. The lowest BCUT2D eigenvalue weighted by molar-refractivity contribution is 0.102. The zero-order valence-electron chi connectivity index (χ0n) is 18.0. The third-order valence-corrected chi connectivity index (χ3v) is 4.94. The predicted molar refractivity (Wildman–Crippen MR) is 122 cm³/mol. The summed E-state index contributed by atoms with van der Waals surface area (Å²) in [6.45, 7) is 1.70. The molecule has 9 nitrogen and oxygen atoms in total. The van der Waals surface area contributed by atoms with Crippen LogP contribution in [0.4, 0.5) is 5.69 Å². The van der Waals surface area contributed by atoms with Gasteiger partial charge in [-0.25, -0.2) is 4.98 Å². The molecule has 0 radical (unpaired) electrons. The fourth-order valence-electron chi connectivity index (χ4n) is 3.15. The Hall–Kier alpha value is -3.98. The lowest BCUT2D eigenvalue weighted by atomic mass is 10.1. The van der Waals surface area contributed by atoms with Crippen LogP contribution in [0.15, 0.2) is 57.8 Å². The molecule has 4 rings (SSSR count). The maximum Gasteiger partial charge on any atom is 0.287 e. The first kappa shape index (κ1) is 22.2. The molecule has 0 spiro atoms. The number of anilines is 1. The molecule has 0 saturated heterocycles. The van der Waals surface area contributed by atoms with Gasteiger partial charge in [0.05, 0.1) is 25.6 Å². The highest BCUT2D eigenvalue weighted by molar-refractivity contribution is 6.30. The average molecular weight is 470 g/mol. The van der Waals surface area contributed by atoms with Crippen LogP contribution in [-0.4, -0.2) is 29.7 Å². The third kappa shape index (κ3) is 4.93. The number of hydrogen-bond acceptors (Lipinski definition) is 7. The molecular weight excluding hydrogens is 450 g/mol. The minimum absolute atomic E-state index is 0.0217. The minimum atomic E-state index is -0.397. The maximum absolute atomic E-state index is 12.9. The van der Waals surface area contributed by atoms with Crippen molar-refractivity contribution in [1.29, 1.82) is 0 Å². The van der Waals surface area contributed by atoms with Crippen molar-refractivity contribution in [3.8, 4) is 17.2 Å². The van der Waals surface area contributed by atoms with Gasteiger partial charge in [-0.2, -0.15) is 0 Å². The first-order valence-electron chi connectivity index (χ1n) is 9.82. The zero-order valence-corrected chi connectivity index (χ0v) is 18.8. The summed E-state index contributed by atoms with van der Waals surface area (Å²) >= 11 is 6.13. The van der Waals surface area contributed by atoms with Gasteiger partial charge in [0.15, 0.2) is 5.65 Å². The number of amides is 1. The summed E-state index contributed by atoms with van der Waals surface area (Å²) in [5.41, 5.74) is 1.14. The van der Waals surface area contributed by atoms with Crippen LogP contribution < -0.4 is 25.1 Å². The smallest absolute Gasteiger partial charge is 0.287 e. The molecule has 1 N–H and O–H groups in total. The molecule has 2 heterocycles. The van der Waals surface area contributed by atoms with Gasteiger partial charge in [0, 0.05) is 34.9 Å². The Morgan fingerprint density at radius 1 is 1.09 bits per heavy atom. The Morgan fingerprint density at radius 3 is 2.52 bits per heavy atom. The second kappa shape index (κ2) is 9.25. The lowest BCUT2D eigenvalue weighted by Gasteiger charge is -2.14. The SMILES string of the molecule is COc1cc(OC)cc(C(=O)Nc2ccc(Cl)cc2OCc2cc(=O)n3oc(C)cc3n2)c1. The van der Waals surface area contributed by atoms with Crippen LogP contribution in [0.2, 0.25) is 5.02 Å². The van der Waals surface area contributed by atoms with Gasteiger partial charge < -0.3 is 24.1 Å². The number of ether oxygens (including phenoxy) is 3. The van der Waals surface area contributed by atoms with E-state index in [2.05, 4.69) is 10.3 Å². The van der Waals surface area contributed by atoms with E-state index in [0.29, 0.717) is 50.6 Å². The third-order valence-electron chi connectivity index (χ3n) is 4.71. The molecule has 33 heavy (non-hydrogen) atoms. The number of carbonyl (C=O) groups is 1. The van der Waals surface area contributed by atoms with Crippen LogP contribution in [0.3, 0.4) is 0 Å². The first-order valence-corrected chi connectivity index (χ1v) is 10.2. The maximum atomic E-state index is 12.9. The van der Waals surface area contributed by atoms with Crippen molar-refractivity contribution in [3.63, 3.8) is 0 Å². The molecule has 0 atom stereocenters. The van der Waals surface area contributed by atoms with Crippen molar-refractivity contribution in [2.45, 2.75) is 13.5 Å². The summed E-state index contributed by atoms with van der Waals surface area (Å²) in [6.07, 6.45) is 0. The molecule has 0 fully saturated rings. The van der Waals surface area contributed by atoms with Crippen molar-refractivity contribution in [2.24, 2.45) is 0 Å². The largest absolute Gasteiger partial charge is 0.497 e. The number of methoxy groups -OCH3 is 2. The van der Waals surface area contributed by atoms with Crippen molar-refractivity contribution >= 4 is 28.8 Å². The summed E-state index contributed by atoms with van der Waals surface area (Å²) in [4.78, 5) is 29.5. The number of benzene rings is 2. The second-order valence-electron chi connectivity index (χ2n) is 7.07. The quantitative estimate of drug-likeness (QED) is 0.434. The zero-order chi connectivity index (χ0) is 23.5. The number of nitrogens with one attached hydrogen (secondary N) is 1. The van der Waals surface area contributed by atoms with Crippen LogP contribution in [0.1, 0.15) is 21.8 Å². The van der Waals surface area contributed by atoms with Crippen LogP contribution >= 0.6 is 11.6 Å². The summed E-state index contributed by atoms with van der Waals surface area (Å²) in [6, 6.07) is 12.6. The summed E-state index contributed by atoms with van der Waals surface area (Å²) < 4.78 is 22.7. The topological polar surface area (TPSA) is 104 Å². The van der Waals surface area contributed by atoms with Gasteiger partial charge in [-0.1, -0.05) is 11.6 Å². The van der Waals surface area contributed by atoms with Crippen molar-refractivity contribution in [3.05, 3.63) is 80.9 Å². The van der Waals surface area contributed by atoms with Gasteiger partial charge >= 0.3 is 0 Å². The molecule has 0 aliphatic heterocycles. The van der Waals surface area contributed by atoms with E-state index >= 15 is 0 Å². The highest BCUT2D eigenvalue weighted by Crippen LogP contribution is 2.30. The van der Waals surface area contributed by atoms with Crippen LogP contribution in [0.25, 0.3) is 5.65 Å². The van der Waals surface area contributed by atoms with Crippen LogP contribution in [0.5, 0.6) is 17.2 Å². The monoisotopic (exact) mass is 469 g/mol. The lowest BCUT2D eigenvalue weighted by Crippen LogP contribution is -2.15. The van der Waals surface area contributed by atoms with E-state index in [9.17, 15) is 9.59 Å². The van der Waals surface area contributed by atoms with Crippen LogP contribution in [0, 0.1) is 6.92 Å². The van der Waals surface area contributed by atoms with E-state index in [1.54, 1.807) is 49.4 Å². The molecule has 0 unspecified atom stereocenters. The fraction of sp³-hybridized carbons (Fsp3) is 0.174. The fourth-order valence-corrected chi connectivity index (χ4v) is 3.31. The molecule has 0 bridgehead atoms. The molecule has 0 saturated carbocycles. The van der Waals surface area contributed by atoms with E-state index in [0.717, 1.165) is 4.57 Å². The molecule has 170 valence electrons. The van der Waals surface area contributed by atoms with Gasteiger partial charge in [-0.3, -0.25) is 9.59 Å². The molecule has 2 aromatic heterocycles. The molecule has 0 aliphatic rings. The van der Waals surface area contributed by atoms with E-state index in [4.69, 9.17) is 30.3 Å². The molecule has 0 aliphatic carbocycles. The molecule has 10 heteroatoms. The molecular formula is C23H20ClN3O6. The normalized spacial score (nSPS) is 10.8. The Morgan fingerprint density at radius 2 is 1.82 bits per heavy atom. The van der Waals surface area contributed by atoms with Gasteiger partial charge in [0.1, 0.15) is 29.6 Å². The van der Waals surface area contributed by atoms with Gasteiger partial charge in [-0.05, 0) is 31.2 Å². The van der Waals surface area contributed by atoms with Gasteiger partial charge in [-0.15, -0.1) is 4.57 Å². The number of carbonyl (C=O) groups excluding carboxylic acids is 1. The average Bonchev–Trinajstić information content (AvgIpc) is 3.19. The number of hydrogen-bond donors (Lipinski definition) is 1. The number of halogens is 1. The highest BCUT2D eigenvalue weighted by atomic mass is 35.5. The summed E-state index contributed by atoms with van der Waals surface area (Å²) in [7, 11) is 3.01. The van der Waals surface area contributed by atoms with Crippen molar-refractivity contribution in [1.82, 2.24) is 9.56 Å². The van der Waals surface area contributed by atoms with Crippen LogP contribution in [-0.2, 0) is 6.61 Å². The minimum Gasteiger partial charge on any atom is -0.497 e. The van der Waals surface area contributed by atoms with E-state index in [1.807, 2.05) is 0 Å². The predicted octanol–water partition coefficient (Wildman–Crippen LogP) is 4.10. The number of aromatic nitrogens is 2. The number of aryl methyl sites for hydroxylation is 1. The van der Waals surface area contributed by atoms with Crippen molar-refractivity contribution in [2.75, 3.05) is 19.5 Å². The highest BCUT2D eigenvalue weighted by Gasteiger charge is 2.14. The molecule has 1 amide bonds. The first-order chi connectivity index (χ1) is 15.9. The standard InChI is InChI=1S/C23H20ClN3O6/c1-13-6-21-25-16(10-22(28)27(21)33-13)12-32-20-9-15(24)4-5-19(20)26-23(29)14-7-17(30-2)11-18(8-14)31-3/h4-11H,12H2,1-3H3,(H,26,29). The van der Waals surface area contributed by atoms with Gasteiger partial charge in [0.25, 0.3) is 11.5 Å². The molecule has 4 aromatic rings. The van der Waals surface area contributed by atoms with Crippen molar-refractivity contribution < 1.29 is 23.5 Å². The van der Waals surface area contributed by atoms with E-state index < -0.39 is 5.91 Å². The summed E-state index contributed by atoms with van der Waals surface area (Å²) in [5.74, 6) is 1.44. The Balaban J connectivity index is 1.57. The summed E-state index contributed by atoms with van der Waals surface area (Å²) in [5, 5.41) is 3.22. The van der Waals surface area contributed by atoms with Gasteiger partial charge in [0.2, 0.25) is 0 Å².